The number of sulfone groups is 1. The van der Waals surface area contributed by atoms with Crippen molar-refractivity contribution < 1.29 is 17.6 Å². The summed E-state index contributed by atoms with van der Waals surface area (Å²) in [5.74, 6) is 2.71. The molecule has 0 atom stereocenters. The van der Waals surface area contributed by atoms with Crippen LogP contribution in [-0.4, -0.2) is 41.9 Å². The molecule has 0 saturated heterocycles. The standard InChI is InChI=1S/C28H26BrN5O4S/c1-39(35,36)12-11-30-15-21-8-10-27(38-21)24-14-22-25(16-31-24)32-18-33-28(22)34-20-7-9-26(23(29)13-20)37-17-19-5-3-2-4-6-19/h2-10,13-14,16,18,30H,11-12,15,17H2,1H3,(H,32,33,34). The van der Waals surface area contributed by atoms with Crippen molar-refractivity contribution in [2.24, 2.45) is 0 Å². The lowest BCUT2D eigenvalue weighted by atomic mass is 10.2. The number of pyridine rings is 1. The lowest BCUT2D eigenvalue weighted by Crippen LogP contribution is -2.21. The molecule has 0 radical (unpaired) electrons. The molecular formula is C28H26BrN5O4S. The first-order valence-electron chi connectivity index (χ1n) is 12.2. The number of hydrogen-bond acceptors (Lipinski definition) is 9. The molecule has 0 aliphatic heterocycles. The molecule has 5 aromatic rings. The SMILES string of the molecule is CS(=O)(=O)CCNCc1ccc(-c2cc3c(Nc4ccc(OCc5ccccc5)c(Br)c4)ncnc3cn2)o1. The number of halogens is 1. The Labute approximate surface area is 234 Å². The highest BCUT2D eigenvalue weighted by atomic mass is 79.9. The Morgan fingerprint density at radius 2 is 1.85 bits per heavy atom. The topological polar surface area (TPSA) is 119 Å². The van der Waals surface area contributed by atoms with Crippen molar-refractivity contribution in [1.29, 1.82) is 0 Å². The number of aromatic nitrogens is 3. The van der Waals surface area contributed by atoms with Gasteiger partial charge in [-0.05, 0) is 57.9 Å². The van der Waals surface area contributed by atoms with E-state index in [2.05, 4.69) is 41.5 Å². The van der Waals surface area contributed by atoms with E-state index in [1.165, 1.54) is 12.6 Å². The second kappa shape index (κ2) is 11.9. The Hall–Kier alpha value is -3.80. The van der Waals surface area contributed by atoms with Crippen LogP contribution in [0.2, 0.25) is 0 Å². The van der Waals surface area contributed by atoms with Crippen molar-refractivity contribution in [1.82, 2.24) is 20.3 Å². The number of rotatable bonds is 11. The average molecular weight is 609 g/mol. The molecule has 200 valence electrons. The number of fused-ring (bicyclic) bond motifs is 1. The first kappa shape index (κ1) is 26.8. The summed E-state index contributed by atoms with van der Waals surface area (Å²) in [4.78, 5) is 13.3. The molecule has 0 unspecified atom stereocenters. The second-order valence-electron chi connectivity index (χ2n) is 8.93. The van der Waals surface area contributed by atoms with Gasteiger partial charge < -0.3 is 19.8 Å². The molecular weight excluding hydrogens is 582 g/mol. The molecule has 9 nitrogen and oxygen atoms in total. The molecule has 0 bridgehead atoms. The monoisotopic (exact) mass is 607 g/mol. The van der Waals surface area contributed by atoms with Crippen LogP contribution in [0.1, 0.15) is 11.3 Å². The van der Waals surface area contributed by atoms with E-state index < -0.39 is 9.84 Å². The smallest absolute Gasteiger partial charge is 0.152 e. The van der Waals surface area contributed by atoms with Gasteiger partial charge in [-0.2, -0.15) is 0 Å². The number of nitrogens with zero attached hydrogens (tertiary/aromatic N) is 3. The summed E-state index contributed by atoms with van der Waals surface area (Å²) in [6.07, 6.45) is 4.39. The third kappa shape index (κ3) is 7.20. The van der Waals surface area contributed by atoms with Gasteiger partial charge in [0, 0.05) is 23.9 Å². The minimum absolute atomic E-state index is 0.0720. The molecule has 3 aromatic heterocycles. The van der Waals surface area contributed by atoms with E-state index in [-0.39, 0.29) is 5.75 Å². The van der Waals surface area contributed by atoms with Crippen LogP contribution in [0.4, 0.5) is 11.5 Å². The lowest BCUT2D eigenvalue weighted by Gasteiger charge is -2.12. The first-order valence-corrected chi connectivity index (χ1v) is 15.0. The van der Waals surface area contributed by atoms with E-state index in [0.717, 1.165) is 26.9 Å². The van der Waals surface area contributed by atoms with Crippen molar-refractivity contribution >= 4 is 48.2 Å². The average Bonchev–Trinajstić information content (AvgIpc) is 3.40. The Balaban J connectivity index is 1.30. The number of ether oxygens (including phenoxy) is 1. The summed E-state index contributed by atoms with van der Waals surface area (Å²) in [5, 5.41) is 7.23. The molecule has 5 rings (SSSR count). The van der Waals surface area contributed by atoms with Crippen molar-refractivity contribution in [2.75, 3.05) is 23.9 Å². The van der Waals surface area contributed by atoms with Crippen molar-refractivity contribution in [3.63, 3.8) is 0 Å². The van der Waals surface area contributed by atoms with E-state index in [1.54, 1.807) is 6.20 Å². The molecule has 11 heteroatoms. The molecule has 0 spiro atoms. The maximum atomic E-state index is 11.3. The molecule has 0 aliphatic rings. The number of benzene rings is 2. The molecule has 0 saturated carbocycles. The molecule has 2 N–H and O–H groups in total. The summed E-state index contributed by atoms with van der Waals surface area (Å²) in [6, 6.07) is 21.3. The summed E-state index contributed by atoms with van der Waals surface area (Å²) in [5.41, 5.74) is 3.24. The minimum Gasteiger partial charge on any atom is -0.488 e. The number of nitrogens with one attached hydrogen (secondary N) is 2. The van der Waals surface area contributed by atoms with Crippen LogP contribution < -0.4 is 15.4 Å². The predicted octanol–water partition coefficient (Wildman–Crippen LogP) is 5.50. The van der Waals surface area contributed by atoms with Crippen LogP contribution in [-0.2, 0) is 23.0 Å². The number of anilines is 2. The minimum atomic E-state index is -3.01. The Kier molecular flexibility index (Phi) is 8.20. The summed E-state index contributed by atoms with van der Waals surface area (Å²) >= 11 is 3.61. The third-order valence-electron chi connectivity index (χ3n) is 5.82. The fourth-order valence-electron chi connectivity index (χ4n) is 3.84. The van der Waals surface area contributed by atoms with Crippen LogP contribution in [0, 0.1) is 0 Å². The Bertz CT molecular complexity index is 1690. The van der Waals surface area contributed by atoms with Crippen molar-refractivity contribution in [3.05, 3.63) is 95.1 Å². The van der Waals surface area contributed by atoms with Gasteiger partial charge in [0.05, 0.1) is 28.5 Å². The Morgan fingerprint density at radius 3 is 2.64 bits per heavy atom. The maximum absolute atomic E-state index is 11.3. The summed E-state index contributed by atoms with van der Waals surface area (Å²) in [6.45, 7) is 1.24. The largest absolute Gasteiger partial charge is 0.488 e. The maximum Gasteiger partial charge on any atom is 0.152 e. The van der Waals surface area contributed by atoms with Gasteiger partial charge >= 0.3 is 0 Å². The van der Waals surface area contributed by atoms with Crippen molar-refractivity contribution in [2.45, 2.75) is 13.2 Å². The van der Waals surface area contributed by atoms with Gasteiger partial charge in [0.25, 0.3) is 0 Å². The van der Waals surface area contributed by atoms with Gasteiger partial charge in [0.1, 0.15) is 45.8 Å². The third-order valence-corrected chi connectivity index (χ3v) is 7.38. The zero-order chi connectivity index (χ0) is 27.2. The van der Waals surface area contributed by atoms with Gasteiger partial charge in [-0.25, -0.2) is 18.4 Å². The normalized spacial score (nSPS) is 11.5. The summed E-state index contributed by atoms with van der Waals surface area (Å²) in [7, 11) is -3.01. The molecule has 0 amide bonds. The van der Waals surface area contributed by atoms with Gasteiger partial charge in [-0.15, -0.1) is 0 Å². The molecule has 0 fully saturated rings. The highest BCUT2D eigenvalue weighted by Gasteiger charge is 2.12. The first-order chi connectivity index (χ1) is 18.8. The van der Waals surface area contributed by atoms with Gasteiger partial charge in [-0.1, -0.05) is 30.3 Å². The lowest BCUT2D eigenvalue weighted by molar-refractivity contribution is 0.304. The van der Waals surface area contributed by atoms with Gasteiger partial charge in [0.2, 0.25) is 0 Å². The van der Waals surface area contributed by atoms with E-state index in [4.69, 9.17) is 9.15 Å². The fourth-order valence-corrected chi connectivity index (χ4v) is 4.85. The van der Waals surface area contributed by atoms with Crippen LogP contribution in [0.25, 0.3) is 22.4 Å². The quantitative estimate of drug-likeness (QED) is 0.187. The Morgan fingerprint density at radius 1 is 1.00 bits per heavy atom. The highest BCUT2D eigenvalue weighted by molar-refractivity contribution is 9.10. The predicted molar refractivity (Wildman–Crippen MR) is 155 cm³/mol. The van der Waals surface area contributed by atoms with Crippen LogP contribution >= 0.6 is 15.9 Å². The fraction of sp³-hybridized carbons (Fsp3) is 0.179. The van der Waals surface area contributed by atoms with Crippen molar-refractivity contribution in [3.8, 4) is 17.2 Å². The zero-order valence-electron chi connectivity index (χ0n) is 21.1. The van der Waals surface area contributed by atoms with Gasteiger partial charge in [0.15, 0.2) is 5.76 Å². The molecule has 2 aromatic carbocycles. The number of furan rings is 1. The van der Waals surface area contributed by atoms with E-state index in [0.29, 0.717) is 48.2 Å². The van der Waals surface area contributed by atoms with E-state index in [1.807, 2.05) is 66.7 Å². The van der Waals surface area contributed by atoms with Gasteiger partial charge in [-0.3, -0.25) is 4.98 Å². The molecule has 39 heavy (non-hydrogen) atoms. The molecule has 3 heterocycles. The zero-order valence-corrected chi connectivity index (χ0v) is 23.5. The number of hydrogen-bond donors (Lipinski definition) is 2. The highest BCUT2D eigenvalue weighted by Crippen LogP contribution is 2.32. The molecule has 0 aliphatic carbocycles. The second-order valence-corrected chi connectivity index (χ2v) is 12.0. The van der Waals surface area contributed by atoms with E-state index in [9.17, 15) is 8.42 Å². The van der Waals surface area contributed by atoms with Crippen LogP contribution in [0.3, 0.4) is 0 Å². The van der Waals surface area contributed by atoms with E-state index >= 15 is 0 Å². The van der Waals surface area contributed by atoms with Crippen LogP contribution in [0.5, 0.6) is 5.75 Å². The summed E-state index contributed by atoms with van der Waals surface area (Å²) < 4.78 is 35.3. The van der Waals surface area contributed by atoms with Crippen LogP contribution in [0.15, 0.2) is 88.1 Å².